The van der Waals surface area contributed by atoms with Gasteiger partial charge in [0.05, 0.1) is 0 Å². The molecule has 0 spiro atoms. The van der Waals surface area contributed by atoms with Crippen molar-refractivity contribution in [3.8, 4) is 62.1 Å². The molecule has 32 heavy (non-hydrogen) atoms. The van der Waals surface area contributed by atoms with Crippen LogP contribution in [-0.2, 0) is 0 Å². The maximum Gasteiger partial charge on any atom is 0.132 e. The van der Waals surface area contributed by atoms with Gasteiger partial charge >= 0.3 is 0 Å². The molecule has 0 fully saturated rings. The van der Waals surface area contributed by atoms with Gasteiger partial charge < -0.3 is 25.5 Å². The van der Waals surface area contributed by atoms with Gasteiger partial charge in [0, 0.05) is 16.7 Å². The third kappa shape index (κ3) is 3.58. The fourth-order valence-electron chi connectivity index (χ4n) is 4.21. The molecule has 4 aromatic carbocycles. The minimum Gasteiger partial charge on any atom is -0.508 e. The largest absolute Gasteiger partial charge is 0.508 e. The number of rotatable bonds is 3. The summed E-state index contributed by atoms with van der Waals surface area (Å²) in [6, 6.07) is 16.0. The Labute approximate surface area is 186 Å². The van der Waals surface area contributed by atoms with Crippen molar-refractivity contribution in [2.45, 2.75) is 20.8 Å². The highest BCUT2D eigenvalue weighted by Crippen LogP contribution is 2.51. The summed E-state index contributed by atoms with van der Waals surface area (Å²) in [4.78, 5) is 0. The Morgan fingerprint density at radius 2 is 0.844 bits per heavy atom. The van der Waals surface area contributed by atoms with Gasteiger partial charge in [-0.05, 0) is 96.6 Å². The topological polar surface area (TPSA) is 101 Å². The molecule has 0 saturated carbocycles. The molecule has 0 aliphatic carbocycles. The molecule has 5 heteroatoms. The molecule has 0 bridgehead atoms. The normalized spacial score (nSPS) is 11.0. The first-order chi connectivity index (χ1) is 15.2. The van der Waals surface area contributed by atoms with E-state index in [1.165, 1.54) is 24.3 Å². The van der Waals surface area contributed by atoms with Crippen LogP contribution in [0.3, 0.4) is 0 Å². The summed E-state index contributed by atoms with van der Waals surface area (Å²) < 4.78 is 0. The molecular formula is C27H24O5. The second-order valence-corrected chi connectivity index (χ2v) is 8.04. The summed E-state index contributed by atoms with van der Waals surface area (Å²) in [5, 5.41) is 52.2. The van der Waals surface area contributed by atoms with Crippen LogP contribution in [-0.4, -0.2) is 25.5 Å². The molecule has 0 heterocycles. The van der Waals surface area contributed by atoms with E-state index in [2.05, 4.69) is 0 Å². The fraction of sp³-hybridized carbons (Fsp3) is 0.111. The summed E-state index contributed by atoms with van der Waals surface area (Å²) in [6.45, 7) is 5.45. The Kier molecular flexibility index (Phi) is 5.18. The van der Waals surface area contributed by atoms with E-state index in [0.29, 0.717) is 33.4 Å². The van der Waals surface area contributed by atoms with Crippen molar-refractivity contribution in [1.29, 1.82) is 0 Å². The number of aryl methyl sites for hydroxylation is 3. The van der Waals surface area contributed by atoms with Crippen LogP contribution in [0.25, 0.3) is 33.4 Å². The van der Waals surface area contributed by atoms with E-state index in [1.54, 1.807) is 36.4 Å². The van der Waals surface area contributed by atoms with Gasteiger partial charge in [-0.1, -0.05) is 18.2 Å². The van der Waals surface area contributed by atoms with E-state index in [0.717, 1.165) is 16.7 Å². The van der Waals surface area contributed by atoms with E-state index in [-0.39, 0.29) is 28.7 Å². The minimum absolute atomic E-state index is 0.0344. The van der Waals surface area contributed by atoms with Crippen LogP contribution in [0.4, 0.5) is 0 Å². The van der Waals surface area contributed by atoms with Crippen molar-refractivity contribution >= 4 is 0 Å². The van der Waals surface area contributed by atoms with Gasteiger partial charge in [-0.15, -0.1) is 0 Å². The van der Waals surface area contributed by atoms with Gasteiger partial charge in [0.25, 0.3) is 0 Å². The van der Waals surface area contributed by atoms with Crippen LogP contribution < -0.4 is 0 Å². The van der Waals surface area contributed by atoms with Gasteiger partial charge in [-0.25, -0.2) is 0 Å². The zero-order valence-electron chi connectivity index (χ0n) is 18.0. The zero-order chi connectivity index (χ0) is 23.2. The number of phenols is 5. The molecule has 0 unspecified atom stereocenters. The zero-order valence-corrected chi connectivity index (χ0v) is 18.0. The van der Waals surface area contributed by atoms with Gasteiger partial charge in [-0.2, -0.15) is 0 Å². The van der Waals surface area contributed by atoms with Crippen molar-refractivity contribution in [1.82, 2.24) is 0 Å². The predicted octanol–water partition coefficient (Wildman–Crippen LogP) is 6.14. The lowest BCUT2D eigenvalue weighted by Gasteiger charge is -2.21. The number of aromatic hydroxyl groups is 5. The molecular weight excluding hydrogens is 404 g/mol. The van der Waals surface area contributed by atoms with Crippen molar-refractivity contribution in [3.63, 3.8) is 0 Å². The molecule has 5 N–H and O–H groups in total. The highest BCUT2D eigenvalue weighted by Gasteiger charge is 2.24. The van der Waals surface area contributed by atoms with Crippen molar-refractivity contribution in [3.05, 3.63) is 77.4 Å². The number of benzene rings is 4. The number of hydrogen-bond acceptors (Lipinski definition) is 5. The number of hydrogen-bond donors (Lipinski definition) is 5. The van der Waals surface area contributed by atoms with Crippen LogP contribution in [0, 0.1) is 20.8 Å². The third-order valence-electron chi connectivity index (χ3n) is 5.74. The molecule has 0 amide bonds. The smallest absolute Gasteiger partial charge is 0.132 e. The summed E-state index contributed by atoms with van der Waals surface area (Å²) in [7, 11) is 0. The van der Waals surface area contributed by atoms with Crippen LogP contribution in [0.2, 0.25) is 0 Å². The van der Waals surface area contributed by atoms with E-state index >= 15 is 0 Å². The highest BCUT2D eigenvalue weighted by molar-refractivity contribution is 5.98. The Bertz CT molecular complexity index is 1350. The Balaban J connectivity index is 2.12. The molecule has 4 aromatic rings. The standard InChI is InChI=1S/C27H24O5/c1-14-10-17(28)4-7-20(14)23-13-24(31)25(21-8-5-18(29)11-15(21)2)26(27(23)32)22-9-6-19(30)12-16(22)3/h4-13,28-32H,1-3H3. The molecule has 0 aliphatic heterocycles. The molecule has 0 radical (unpaired) electrons. The van der Waals surface area contributed by atoms with Crippen LogP contribution in [0.1, 0.15) is 16.7 Å². The molecule has 0 aliphatic rings. The molecule has 162 valence electrons. The maximum absolute atomic E-state index is 11.5. The lowest BCUT2D eigenvalue weighted by molar-refractivity contribution is 0.464. The second kappa shape index (κ2) is 7.85. The minimum atomic E-state index is -0.0402. The summed E-state index contributed by atoms with van der Waals surface area (Å²) in [5.41, 5.74) is 5.42. The first-order valence-corrected chi connectivity index (χ1v) is 10.2. The van der Waals surface area contributed by atoms with Gasteiger partial charge in [-0.3, -0.25) is 0 Å². The fourth-order valence-corrected chi connectivity index (χ4v) is 4.21. The monoisotopic (exact) mass is 428 g/mol. The number of phenolic OH excluding ortho intramolecular Hbond substituents is 5. The predicted molar refractivity (Wildman–Crippen MR) is 125 cm³/mol. The SMILES string of the molecule is Cc1cc(O)ccc1-c1cc(O)c(-c2ccc(O)cc2C)c(-c2ccc(O)cc2C)c1O. The Morgan fingerprint density at radius 1 is 0.438 bits per heavy atom. The first kappa shape index (κ1) is 21.1. The molecule has 5 nitrogen and oxygen atoms in total. The van der Waals surface area contributed by atoms with Crippen molar-refractivity contribution < 1.29 is 25.5 Å². The molecule has 4 rings (SSSR count). The van der Waals surface area contributed by atoms with Crippen LogP contribution in [0.5, 0.6) is 28.7 Å². The van der Waals surface area contributed by atoms with Gasteiger partial charge in [0.15, 0.2) is 0 Å². The maximum atomic E-state index is 11.5. The lowest BCUT2D eigenvalue weighted by atomic mass is 9.85. The quantitative estimate of drug-likeness (QED) is 0.252. The van der Waals surface area contributed by atoms with Crippen LogP contribution >= 0.6 is 0 Å². The third-order valence-corrected chi connectivity index (χ3v) is 5.74. The summed E-state index contributed by atoms with van der Waals surface area (Å²) >= 11 is 0. The highest BCUT2D eigenvalue weighted by atomic mass is 16.3. The van der Waals surface area contributed by atoms with E-state index in [1.807, 2.05) is 20.8 Å². The molecule has 0 saturated heterocycles. The van der Waals surface area contributed by atoms with Gasteiger partial charge in [0.2, 0.25) is 0 Å². The Hall–Kier alpha value is -4.12. The molecule has 0 aromatic heterocycles. The van der Waals surface area contributed by atoms with E-state index in [4.69, 9.17) is 0 Å². The van der Waals surface area contributed by atoms with E-state index in [9.17, 15) is 25.5 Å². The Morgan fingerprint density at radius 3 is 1.28 bits per heavy atom. The first-order valence-electron chi connectivity index (χ1n) is 10.2. The van der Waals surface area contributed by atoms with E-state index < -0.39 is 0 Å². The second-order valence-electron chi connectivity index (χ2n) is 8.04. The summed E-state index contributed by atoms with van der Waals surface area (Å²) in [6.07, 6.45) is 0. The van der Waals surface area contributed by atoms with Gasteiger partial charge in [0.1, 0.15) is 28.7 Å². The van der Waals surface area contributed by atoms with Crippen molar-refractivity contribution in [2.24, 2.45) is 0 Å². The van der Waals surface area contributed by atoms with Crippen LogP contribution in [0.15, 0.2) is 60.7 Å². The average molecular weight is 428 g/mol. The van der Waals surface area contributed by atoms with Crippen molar-refractivity contribution in [2.75, 3.05) is 0 Å². The lowest BCUT2D eigenvalue weighted by Crippen LogP contribution is -1.95. The summed E-state index contributed by atoms with van der Waals surface area (Å²) in [5.74, 6) is 0.242. The average Bonchev–Trinajstić information content (AvgIpc) is 2.71. The molecule has 0 atom stereocenters.